The second kappa shape index (κ2) is 11.2. The third-order valence-corrected chi connectivity index (χ3v) is 5.70. The van der Waals surface area contributed by atoms with E-state index in [2.05, 4.69) is 5.32 Å². The molecule has 1 N–H and O–H groups in total. The van der Waals surface area contributed by atoms with Crippen molar-refractivity contribution >= 4 is 58.2 Å². The zero-order chi connectivity index (χ0) is 22.4. The number of amides is 2. The van der Waals surface area contributed by atoms with Gasteiger partial charge in [-0.05, 0) is 55.7 Å². The Morgan fingerprint density at radius 3 is 1.93 bits per heavy atom. The fourth-order valence-electron chi connectivity index (χ4n) is 3.06. The van der Waals surface area contributed by atoms with Gasteiger partial charge in [-0.15, -0.1) is 0 Å². The van der Waals surface area contributed by atoms with E-state index in [0.717, 1.165) is 0 Å². The summed E-state index contributed by atoms with van der Waals surface area (Å²) in [6, 6.07) is 9.36. The van der Waals surface area contributed by atoms with Gasteiger partial charge >= 0.3 is 0 Å². The average molecular weight is 490 g/mol. The number of nitrogens with one attached hydrogen (secondary N) is 1. The van der Waals surface area contributed by atoms with E-state index in [4.69, 9.17) is 46.4 Å². The highest BCUT2D eigenvalue weighted by Crippen LogP contribution is 2.26. The number of carbonyl (C=O) groups is 2. The van der Waals surface area contributed by atoms with Crippen LogP contribution < -0.4 is 5.32 Å². The molecule has 2 rings (SSSR count). The van der Waals surface area contributed by atoms with E-state index in [0.29, 0.717) is 37.6 Å². The highest BCUT2D eigenvalue weighted by molar-refractivity contribution is 6.35. The Bertz CT molecular complexity index is 918. The smallest absolute Gasteiger partial charge is 0.243 e. The fourth-order valence-corrected chi connectivity index (χ4v) is 4.01. The molecule has 30 heavy (non-hydrogen) atoms. The molecule has 0 saturated heterocycles. The second-order valence-electron chi connectivity index (χ2n) is 7.26. The lowest BCUT2D eigenvalue weighted by Gasteiger charge is -2.31. The van der Waals surface area contributed by atoms with Crippen molar-refractivity contribution in [3.63, 3.8) is 0 Å². The number of benzene rings is 2. The van der Waals surface area contributed by atoms with E-state index < -0.39 is 6.04 Å². The van der Waals surface area contributed by atoms with Gasteiger partial charge in [0.05, 0.1) is 6.42 Å². The Hall–Kier alpha value is -1.46. The van der Waals surface area contributed by atoms with Crippen LogP contribution in [0.5, 0.6) is 0 Å². The molecule has 162 valence electrons. The summed E-state index contributed by atoms with van der Waals surface area (Å²) in [5, 5.41) is 4.72. The van der Waals surface area contributed by atoms with Crippen LogP contribution in [0.4, 0.5) is 0 Å². The van der Waals surface area contributed by atoms with Crippen molar-refractivity contribution in [2.24, 2.45) is 0 Å². The molecule has 4 nitrogen and oxygen atoms in total. The zero-order valence-corrected chi connectivity index (χ0v) is 20.0. The third-order valence-electron chi connectivity index (χ3n) is 4.53. The predicted octanol–water partition coefficient (Wildman–Crippen LogP) is 6.17. The van der Waals surface area contributed by atoms with Gasteiger partial charge in [0.15, 0.2) is 0 Å². The molecule has 0 saturated carbocycles. The van der Waals surface area contributed by atoms with Crippen molar-refractivity contribution in [1.82, 2.24) is 10.2 Å². The molecule has 0 bridgehead atoms. The van der Waals surface area contributed by atoms with Gasteiger partial charge in [0.25, 0.3) is 0 Å². The summed E-state index contributed by atoms with van der Waals surface area (Å²) in [5.41, 5.74) is 1.34. The summed E-state index contributed by atoms with van der Waals surface area (Å²) < 4.78 is 0. The molecule has 8 heteroatoms. The van der Waals surface area contributed by atoms with E-state index in [1.807, 2.05) is 20.8 Å². The molecule has 0 spiro atoms. The monoisotopic (exact) mass is 488 g/mol. The van der Waals surface area contributed by atoms with E-state index in [1.54, 1.807) is 36.4 Å². The van der Waals surface area contributed by atoms with Crippen molar-refractivity contribution in [3.8, 4) is 0 Å². The van der Waals surface area contributed by atoms with E-state index >= 15 is 0 Å². The van der Waals surface area contributed by atoms with Crippen molar-refractivity contribution in [3.05, 3.63) is 67.6 Å². The van der Waals surface area contributed by atoms with Gasteiger partial charge in [-0.1, -0.05) is 65.5 Å². The van der Waals surface area contributed by atoms with E-state index in [9.17, 15) is 9.59 Å². The zero-order valence-electron chi connectivity index (χ0n) is 17.0. The van der Waals surface area contributed by atoms with Crippen LogP contribution in [0.15, 0.2) is 36.4 Å². The van der Waals surface area contributed by atoms with Crippen LogP contribution in [0.1, 0.15) is 38.3 Å². The number of hydrogen-bond donors (Lipinski definition) is 1. The summed E-state index contributed by atoms with van der Waals surface area (Å²) in [7, 11) is 0. The summed E-state index contributed by atoms with van der Waals surface area (Å²) in [4.78, 5) is 27.7. The van der Waals surface area contributed by atoms with Crippen LogP contribution in [0.3, 0.4) is 0 Å². The second-order valence-corrected chi connectivity index (χ2v) is 8.94. The average Bonchev–Trinajstić information content (AvgIpc) is 2.64. The minimum Gasteiger partial charge on any atom is -0.352 e. The minimum atomic E-state index is -0.655. The Morgan fingerprint density at radius 1 is 0.933 bits per heavy atom. The molecule has 1 atom stereocenters. The molecule has 0 unspecified atom stereocenters. The molecule has 0 radical (unpaired) electrons. The van der Waals surface area contributed by atoms with Gasteiger partial charge in [0, 0.05) is 32.7 Å². The molecule has 0 aromatic heterocycles. The largest absolute Gasteiger partial charge is 0.352 e. The van der Waals surface area contributed by atoms with Crippen molar-refractivity contribution in [2.45, 2.75) is 52.2 Å². The van der Waals surface area contributed by atoms with Gasteiger partial charge < -0.3 is 10.2 Å². The SMILES string of the molecule is CC[C@H](C(=O)NC(C)C)N(Cc1ccc(Cl)cc1Cl)C(=O)Cc1ccc(Cl)cc1Cl. The molecule has 2 amide bonds. The Kier molecular flexibility index (Phi) is 9.30. The summed E-state index contributed by atoms with van der Waals surface area (Å²) in [5.74, 6) is -0.455. The Balaban J connectivity index is 2.37. The Labute approximate surface area is 197 Å². The summed E-state index contributed by atoms with van der Waals surface area (Å²) >= 11 is 24.5. The first kappa shape index (κ1) is 24.8. The molecular formula is C22H24Cl4N2O2. The predicted molar refractivity (Wildman–Crippen MR) is 125 cm³/mol. The summed E-state index contributed by atoms with van der Waals surface area (Å²) in [6.45, 7) is 5.79. The number of rotatable bonds is 8. The van der Waals surface area contributed by atoms with E-state index in [1.165, 1.54) is 4.90 Å². The van der Waals surface area contributed by atoms with Crippen LogP contribution in [-0.2, 0) is 22.6 Å². The lowest BCUT2D eigenvalue weighted by atomic mass is 10.1. The molecule has 0 aliphatic heterocycles. The molecule has 2 aromatic carbocycles. The van der Waals surface area contributed by atoms with Crippen LogP contribution in [-0.4, -0.2) is 28.8 Å². The first-order valence-electron chi connectivity index (χ1n) is 9.60. The molecular weight excluding hydrogens is 466 g/mol. The number of hydrogen-bond acceptors (Lipinski definition) is 2. The number of halogens is 4. The Morgan fingerprint density at radius 2 is 1.47 bits per heavy atom. The molecule has 0 aliphatic carbocycles. The third kappa shape index (κ3) is 6.78. The minimum absolute atomic E-state index is 0.0344. The van der Waals surface area contributed by atoms with Crippen molar-refractivity contribution < 1.29 is 9.59 Å². The fraction of sp³-hybridized carbons (Fsp3) is 0.364. The van der Waals surface area contributed by atoms with Crippen LogP contribution in [0.25, 0.3) is 0 Å². The van der Waals surface area contributed by atoms with Crippen molar-refractivity contribution in [1.29, 1.82) is 0 Å². The standard InChI is InChI=1S/C22H24Cl4N2O2/c1-4-20(22(30)27-13(2)3)28(12-15-6-8-17(24)11-19(15)26)21(29)9-14-5-7-16(23)10-18(14)25/h5-8,10-11,13,20H,4,9,12H2,1-3H3,(H,27,30)/t20-/m1/s1. The molecule has 0 heterocycles. The van der Waals surface area contributed by atoms with Crippen LogP contribution >= 0.6 is 46.4 Å². The number of carbonyl (C=O) groups excluding carboxylic acids is 2. The molecule has 0 fully saturated rings. The van der Waals surface area contributed by atoms with Crippen LogP contribution in [0.2, 0.25) is 20.1 Å². The van der Waals surface area contributed by atoms with Gasteiger partial charge in [-0.3, -0.25) is 9.59 Å². The maximum Gasteiger partial charge on any atom is 0.243 e. The highest BCUT2D eigenvalue weighted by Gasteiger charge is 2.29. The molecule has 0 aliphatic rings. The lowest BCUT2D eigenvalue weighted by molar-refractivity contribution is -0.141. The number of nitrogens with zero attached hydrogens (tertiary/aromatic N) is 1. The van der Waals surface area contributed by atoms with Crippen molar-refractivity contribution in [2.75, 3.05) is 0 Å². The van der Waals surface area contributed by atoms with E-state index in [-0.39, 0.29) is 30.8 Å². The van der Waals surface area contributed by atoms with Gasteiger partial charge in [-0.25, -0.2) is 0 Å². The maximum atomic E-state index is 13.3. The van der Waals surface area contributed by atoms with Gasteiger partial charge in [-0.2, -0.15) is 0 Å². The summed E-state index contributed by atoms with van der Waals surface area (Å²) in [6.07, 6.45) is 0.483. The lowest BCUT2D eigenvalue weighted by Crippen LogP contribution is -2.50. The maximum absolute atomic E-state index is 13.3. The topological polar surface area (TPSA) is 49.4 Å². The first-order valence-corrected chi connectivity index (χ1v) is 11.1. The van der Waals surface area contributed by atoms with Gasteiger partial charge in [0.1, 0.15) is 6.04 Å². The van der Waals surface area contributed by atoms with Crippen LogP contribution in [0, 0.1) is 0 Å². The highest BCUT2D eigenvalue weighted by atomic mass is 35.5. The molecule has 2 aromatic rings. The normalized spacial score (nSPS) is 12.0. The quantitative estimate of drug-likeness (QED) is 0.481. The first-order chi connectivity index (χ1) is 14.1. The van der Waals surface area contributed by atoms with Gasteiger partial charge in [0.2, 0.25) is 11.8 Å².